The van der Waals surface area contributed by atoms with Crippen LogP contribution in [-0.2, 0) is 13.1 Å². The van der Waals surface area contributed by atoms with E-state index < -0.39 is 6.10 Å². The Labute approximate surface area is 171 Å². The summed E-state index contributed by atoms with van der Waals surface area (Å²) >= 11 is 0. The van der Waals surface area contributed by atoms with Crippen LogP contribution in [0, 0.1) is 0 Å². The summed E-state index contributed by atoms with van der Waals surface area (Å²) in [6, 6.07) is 25.8. The zero-order chi connectivity index (χ0) is 19.9. The van der Waals surface area contributed by atoms with Crippen molar-refractivity contribution in [3.63, 3.8) is 0 Å². The fourth-order valence-corrected chi connectivity index (χ4v) is 3.38. The number of hydrogen-bond acceptors (Lipinski definition) is 5. The van der Waals surface area contributed by atoms with Gasteiger partial charge >= 0.3 is 0 Å². The number of nitrogens with zero attached hydrogens (tertiary/aromatic N) is 1. The highest BCUT2D eigenvalue weighted by molar-refractivity contribution is 5.44. The highest BCUT2D eigenvalue weighted by Gasteiger charge is 2.17. The van der Waals surface area contributed by atoms with Crippen LogP contribution in [0.2, 0.25) is 0 Å². The fraction of sp³-hybridized carbons (Fsp3) is 0.250. The topological polar surface area (TPSA) is 51.2 Å². The molecular weight excluding hydrogens is 366 g/mol. The Morgan fingerprint density at radius 1 is 0.828 bits per heavy atom. The highest BCUT2D eigenvalue weighted by Crippen LogP contribution is 2.33. The SMILES string of the molecule is OC(COc1ccccc1)CN(Cc1ccccc1)Cc1ccc2c(c1)OCO2. The molecule has 0 saturated carbocycles. The average Bonchev–Trinajstić information content (AvgIpc) is 3.22. The smallest absolute Gasteiger partial charge is 0.231 e. The Bertz CT molecular complexity index is 901. The standard InChI is InChI=1S/C24H25NO4/c26-21(17-27-22-9-5-2-6-10-22)16-25(14-19-7-3-1-4-8-19)15-20-11-12-23-24(13-20)29-18-28-23/h1-13,21,26H,14-18H2. The van der Waals surface area contributed by atoms with Gasteiger partial charge in [-0.25, -0.2) is 0 Å². The van der Waals surface area contributed by atoms with Crippen molar-refractivity contribution < 1.29 is 19.3 Å². The summed E-state index contributed by atoms with van der Waals surface area (Å²) in [6.45, 7) is 2.43. The van der Waals surface area contributed by atoms with Gasteiger partial charge in [0, 0.05) is 19.6 Å². The van der Waals surface area contributed by atoms with Crippen molar-refractivity contribution in [1.29, 1.82) is 0 Å². The summed E-state index contributed by atoms with van der Waals surface area (Å²) in [4.78, 5) is 2.21. The van der Waals surface area contributed by atoms with Gasteiger partial charge in [0.25, 0.3) is 0 Å². The van der Waals surface area contributed by atoms with Crippen LogP contribution in [0.1, 0.15) is 11.1 Å². The molecule has 0 radical (unpaired) electrons. The lowest BCUT2D eigenvalue weighted by molar-refractivity contribution is 0.0628. The number of aliphatic hydroxyl groups is 1. The number of hydrogen-bond donors (Lipinski definition) is 1. The van der Waals surface area contributed by atoms with Gasteiger partial charge in [-0.2, -0.15) is 0 Å². The second-order valence-electron chi connectivity index (χ2n) is 7.12. The molecule has 1 unspecified atom stereocenters. The lowest BCUT2D eigenvalue weighted by atomic mass is 10.1. The molecule has 0 spiro atoms. The van der Waals surface area contributed by atoms with E-state index in [2.05, 4.69) is 17.0 Å². The molecule has 1 atom stereocenters. The molecule has 150 valence electrons. The number of benzene rings is 3. The molecule has 3 aromatic carbocycles. The Balaban J connectivity index is 1.41. The molecule has 0 fully saturated rings. The Hall–Kier alpha value is -3.02. The zero-order valence-electron chi connectivity index (χ0n) is 16.2. The maximum atomic E-state index is 10.6. The van der Waals surface area contributed by atoms with Crippen LogP contribution < -0.4 is 14.2 Å². The van der Waals surface area contributed by atoms with Gasteiger partial charge in [-0.05, 0) is 35.4 Å². The second-order valence-corrected chi connectivity index (χ2v) is 7.12. The van der Waals surface area contributed by atoms with E-state index in [1.807, 2.05) is 66.7 Å². The van der Waals surface area contributed by atoms with Gasteiger partial charge in [0.1, 0.15) is 18.5 Å². The van der Waals surface area contributed by atoms with Crippen LogP contribution in [0.4, 0.5) is 0 Å². The molecule has 1 aliphatic heterocycles. The van der Waals surface area contributed by atoms with E-state index in [9.17, 15) is 5.11 Å². The first-order chi connectivity index (χ1) is 14.3. The molecule has 0 amide bonds. The van der Waals surface area contributed by atoms with Crippen molar-refractivity contribution in [3.05, 3.63) is 90.0 Å². The van der Waals surface area contributed by atoms with E-state index in [0.717, 1.165) is 29.4 Å². The number of aliphatic hydroxyl groups excluding tert-OH is 1. The van der Waals surface area contributed by atoms with Crippen molar-refractivity contribution >= 4 is 0 Å². The van der Waals surface area contributed by atoms with Crippen molar-refractivity contribution in [2.45, 2.75) is 19.2 Å². The molecule has 0 saturated heterocycles. The molecule has 5 nitrogen and oxygen atoms in total. The van der Waals surface area contributed by atoms with Gasteiger partial charge in [-0.15, -0.1) is 0 Å². The minimum Gasteiger partial charge on any atom is -0.491 e. The summed E-state index contributed by atoms with van der Waals surface area (Å²) < 4.78 is 16.6. The molecule has 1 aliphatic rings. The predicted molar refractivity (Wildman–Crippen MR) is 111 cm³/mol. The quantitative estimate of drug-likeness (QED) is 0.600. The van der Waals surface area contributed by atoms with E-state index in [1.165, 1.54) is 5.56 Å². The zero-order valence-corrected chi connectivity index (χ0v) is 16.2. The van der Waals surface area contributed by atoms with E-state index in [-0.39, 0.29) is 13.4 Å². The lowest BCUT2D eigenvalue weighted by Gasteiger charge is -2.25. The molecule has 0 bridgehead atoms. The molecule has 1 heterocycles. The molecule has 0 aliphatic carbocycles. The first kappa shape index (κ1) is 19.3. The third-order valence-corrected chi connectivity index (χ3v) is 4.75. The van der Waals surface area contributed by atoms with Crippen LogP contribution in [0.25, 0.3) is 0 Å². The van der Waals surface area contributed by atoms with Gasteiger partial charge in [-0.3, -0.25) is 4.90 Å². The number of ether oxygens (including phenoxy) is 3. The van der Waals surface area contributed by atoms with Crippen LogP contribution in [-0.4, -0.2) is 36.1 Å². The predicted octanol–water partition coefficient (Wildman–Crippen LogP) is 3.86. The van der Waals surface area contributed by atoms with Crippen molar-refractivity contribution in [2.75, 3.05) is 19.9 Å². The molecule has 29 heavy (non-hydrogen) atoms. The third kappa shape index (κ3) is 5.50. The summed E-state index contributed by atoms with van der Waals surface area (Å²) in [7, 11) is 0. The van der Waals surface area contributed by atoms with Crippen molar-refractivity contribution in [3.8, 4) is 17.2 Å². The molecular formula is C24H25NO4. The molecule has 3 aromatic rings. The van der Waals surface area contributed by atoms with Crippen molar-refractivity contribution in [1.82, 2.24) is 4.90 Å². The number of fused-ring (bicyclic) bond motifs is 1. The minimum absolute atomic E-state index is 0.246. The molecule has 5 heteroatoms. The Morgan fingerprint density at radius 2 is 1.52 bits per heavy atom. The van der Waals surface area contributed by atoms with Crippen molar-refractivity contribution in [2.24, 2.45) is 0 Å². The van der Waals surface area contributed by atoms with Gasteiger partial charge < -0.3 is 19.3 Å². The fourth-order valence-electron chi connectivity index (χ4n) is 3.38. The van der Waals surface area contributed by atoms with Gasteiger partial charge in [-0.1, -0.05) is 54.6 Å². The van der Waals surface area contributed by atoms with Crippen LogP contribution >= 0.6 is 0 Å². The molecule has 1 N–H and O–H groups in total. The van der Waals surface area contributed by atoms with Crippen LogP contribution in [0.5, 0.6) is 17.2 Å². The monoisotopic (exact) mass is 391 g/mol. The van der Waals surface area contributed by atoms with Crippen LogP contribution in [0.15, 0.2) is 78.9 Å². The van der Waals surface area contributed by atoms with Crippen LogP contribution in [0.3, 0.4) is 0 Å². The first-order valence-electron chi connectivity index (χ1n) is 9.77. The molecule has 4 rings (SSSR count). The second kappa shape index (κ2) is 9.45. The van der Waals surface area contributed by atoms with E-state index >= 15 is 0 Å². The average molecular weight is 391 g/mol. The summed E-state index contributed by atoms with van der Waals surface area (Å²) in [5.41, 5.74) is 2.31. The summed E-state index contributed by atoms with van der Waals surface area (Å²) in [6.07, 6.45) is -0.604. The largest absolute Gasteiger partial charge is 0.491 e. The Morgan fingerprint density at radius 3 is 2.31 bits per heavy atom. The lowest BCUT2D eigenvalue weighted by Crippen LogP contribution is -2.35. The van der Waals surface area contributed by atoms with Gasteiger partial charge in [0.2, 0.25) is 6.79 Å². The van der Waals surface area contributed by atoms with Gasteiger partial charge in [0.15, 0.2) is 11.5 Å². The number of rotatable bonds is 9. The summed E-state index contributed by atoms with van der Waals surface area (Å²) in [5.74, 6) is 2.31. The van der Waals surface area contributed by atoms with Gasteiger partial charge in [0.05, 0.1) is 0 Å². The Kier molecular flexibility index (Phi) is 6.29. The number of para-hydroxylation sites is 1. The van der Waals surface area contributed by atoms with E-state index in [0.29, 0.717) is 13.1 Å². The van der Waals surface area contributed by atoms with E-state index in [4.69, 9.17) is 14.2 Å². The normalized spacial score (nSPS) is 13.4. The third-order valence-electron chi connectivity index (χ3n) is 4.75. The maximum Gasteiger partial charge on any atom is 0.231 e. The minimum atomic E-state index is -0.604. The molecule has 0 aromatic heterocycles. The maximum absolute atomic E-state index is 10.6. The van der Waals surface area contributed by atoms with E-state index in [1.54, 1.807) is 0 Å². The highest BCUT2D eigenvalue weighted by atomic mass is 16.7. The summed E-state index contributed by atoms with van der Waals surface area (Å²) in [5, 5.41) is 10.6. The first-order valence-corrected chi connectivity index (χ1v) is 9.77.